The van der Waals surface area contributed by atoms with Crippen molar-refractivity contribution in [3.8, 4) is 11.4 Å². The molecule has 178 valence electrons. The highest BCUT2D eigenvalue weighted by Crippen LogP contribution is 2.34. The van der Waals surface area contributed by atoms with Gasteiger partial charge in [-0.15, -0.1) is 0 Å². The number of rotatable bonds is 8. The second-order valence-corrected chi connectivity index (χ2v) is 8.03. The van der Waals surface area contributed by atoms with Crippen LogP contribution in [0.3, 0.4) is 0 Å². The minimum Gasteiger partial charge on any atom is -0.495 e. The summed E-state index contributed by atoms with van der Waals surface area (Å²) in [5, 5.41) is 25.0. The van der Waals surface area contributed by atoms with Gasteiger partial charge >= 0.3 is 5.69 Å². The number of carbonyl (C=O) groups is 1. The maximum atomic E-state index is 13.6. The monoisotopic (exact) mass is 497 g/mol. The summed E-state index contributed by atoms with van der Waals surface area (Å²) in [5.74, 6) is -1.15. The van der Waals surface area contributed by atoms with Crippen LogP contribution in [-0.4, -0.2) is 38.2 Å². The number of benzene rings is 3. The standard InChI is InChI=1S/C22H16FN5O6S/c1-34-20-5-3-2-4-18(20)26-17-9-7-14(27(30)31)11-16(17)25-22(26)35-12-21(29)24-13-6-8-15(23)19(10-13)28(32)33/h2-11H,12H2,1H3,(H,24,29). The summed E-state index contributed by atoms with van der Waals surface area (Å²) in [4.78, 5) is 37.8. The van der Waals surface area contributed by atoms with E-state index >= 15 is 0 Å². The van der Waals surface area contributed by atoms with E-state index in [0.29, 0.717) is 27.6 Å². The van der Waals surface area contributed by atoms with Crippen molar-refractivity contribution < 1.29 is 23.8 Å². The summed E-state index contributed by atoms with van der Waals surface area (Å²) in [6.07, 6.45) is 0. The lowest BCUT2D eigenvalue weighted by Gasteiger charge is -2.13. The Kier molecular flexibility index (Phi) is 6.59. The molecule has 0 aliphatic rings. The molecule has 4 rings (SSSR count). The molecule has 0 fully saturated rings. The van der Waals surface area contributed by atoms with Gasteiger partial charge in [0.15, 0.2) is 5.16 Å². The zero-order valence-corrected chi connectivity index (χ0v) is 18.8. The summed E-state index contributed by atoms with van der Waals surface area (Å²) < 4.78 is 20.7. The lowest BCUT2D eigenvalue weighted by atomic mass is 10.2. The van der Waals surface area contributed by atoms with Crippen LogP contribution in [0.4, 0.5) is 21.5 Å². The van der Waals surface area contributed by atoms with Crippen LogP contribution in [0.25, 0.3) is 16.7 Å². The maximum absolute atomic E-state index is 13.6. The van der Waals surface area contributed by atoms with Crippen LogP contribution in [0, 0.1) is 26.0 Å². The minimum absolute atomic E-state index is 0.0672. The zero-order chi connectivity index (χ0) is 25.1. The molecule has 0 unspecified atom stereocenters. The SMILES string of the molecule is COc1ccccc1-n1c(SCC(=O)Nc2ccc(F)c([N+](=O)[O-])c2)nc2cc([N+](=O)[O-])ccc21. The number of anilines is 1. The first kappa shape index (κ1) is 23.6. The van der Waals surface area contributed by atoms with Crippen molar-refractivity contribution in [2.45, 2.75) is 5.16 Å². The first-order valence-corrected chi connectivity index (χ1v) is 10.9. The van der Waals surface area contributed by atoms with E-state index in [4.69, 9.17) is 4.74 Å². The molecule has 1 amide bonds. The van der Waals surface area contributed by atoms with Crippen molar-refractivity contribution in [3.05, 3.63) is 86.7 Å². The molecule has 0 saturated carbocycles. The third-order valence-corrected chi connectivity index (χ3v) is 5.84. The Morgan fingerprint density at radius 2 is 1.89 bits per heavy atom. The quantitative estimate of drug-likeness (QED) is 0.209. The average Bonchev–Trinajstić information content (AvgIpc) is 3.21. The van der Waals surface area contributed by atoms with Crippen molar-refractivity contribution in [2.24, 2.45) is 0 Å². The van der Waals surface area contributed by atoms with E-state index in [1.165, 1.54) is 25.3 Å². The van der Waals surface area contributed by atoms with Gasteiger partial charge in [-0.05, 0) is 30.3 Å². The molecule has 0 radical (unpaired) electrons. The Hall–Kier alpha value is -4.52. The molecule has 35 heavy (non-hydrogen) atoms. The topological polar surface area (TPSA) is 142 Å². The predicted molar refractivity (Wildman–Crippen MR) is 127 cm³/mol. The van der Waals surface area contributed by atoms with Crippen molar-refractivity contribution in [1.29, 1.82) is 0 Å². The Morgan fingerprint density at radius 1 is 1.11 bits per heavy atom. The smallest absolute Gasteiger partial charge is 0.306 e. The highest BCUT2D eigenvalue weighted by Gasteiger charge is 2.20. The highest BCUT2D eigenvalue weighted by atomic mass is 32.2. The Balaban J connectivity index is 1.65. The second-order valence-electron chi connectivity index (χ2n) is 7.09. The molecule has 0 atom stereocenters. The largest absolute Gasteiger partial charge is 0.495 e. The minimum atomic E-state index is -1.01. The molecule has 1 aromatic heterocycles. The number of nitro groups is 2. The third-order valence-electron chi connectivity index (χ3n) is 4.90. The molecule has 13 heteroatoms. The molecule has 0 aliphatic carbocycles. The number of para-hydroxylation sites is 2. The molecule has 3 aromatic carbocycles. The van der Waals surface area contributed by atoms with E-state index in [0.717, 1.165) is 23.9 Å². The highest BCUT2D eigenvalue weighted by molar-refractivity contribution is 7.99. The number of nitrogens with zero attached hydrogens (tertiary/aromatic N) is 4. The van der Waals surface area contributed by atoms with Gasteiger partial charge in [0.25, 0.3) is 5.69 Å². The fourth-order valence-electron chi connectivity index (χ4n) is 3.36. The number of nitrogens with one attached hydrogen (secondary N) is 1. The van der Waals surface area contributed by atoms with Crippen LogP contribution in [0.1, 0.15) is 0 Å². The summed E-state index contributed by atoms with van der Waals surface area (Å²) in [7, 11) is 1.50. The summed E-state index contributed by atoms with van der Waals surface area (Å²) >= 11 is 1.05. The van der Waals surface area contributed by atoms with E-state index in [1.807, 2.05) is 0 Å². The van der Waals surface area contributed by atoms with Gasteiger partial charge in [0.05, 0.1) is 39.4 Å². The van der Waals surface area contributed by atoms with Crippen LogP contribution >= 0.6 is 11.8 Å². The Labute approximate surface area is 200 Å². The van der Waals surface area contributed by atoms with Crippen molar-refractivity contribution in [3.63, 3.8) is 0 Å². The van der Waals surface area contributed by atoms with E-state index in [9.17, 15) is 29.4 Å². The van der Waals surface area contributed by atoms with E-state index in [-0.39, 0.29) is 17.1 Å². The summed E-state index contributed by atoms with van der Waals surface area (Å²) in [6, 6.07) is 14.4. The number of halogens is 1. The van der Waals surface area contributed by atoms with Gasteiger partial charge in [-0.1, -0.05) is 23.9 Å². The first-order valence-electron chi connectivity index (χ1n) is 9.95. The number of imidazole rings is 1. The first-order chi connectivity index (χ1) is 16.8. The van der Waals surface area contributed by atoms with E-state index < -0.39 is 27.3 Å². The fraction of sp³-hybridized carbons (Fsp3) is 0.0909. The molecular weight excluding hydrogens is 481 g/mol. The van der Waals surface area contributed by atoms with E-state index in [1.54, 1.807) is 34.9 Å². The predicted octanol–water partition coefficient (Wildman–Crippen LogP) is 4.72. The van der Waals surface area contributed by atoms with Gasteiger partial charge in [0.2, 0.25) is 11.7 Å². The van der Waals surface area contributed by atoms with Crippen molar-refractivity contribution in [1.82, 2.24) is 9.55 Å². The number of amides is 1. The number of hydrogen-bond acceptors (Lipinski definition) is 8. The zero-order valence-electron chi connectivity index (χ0n) is 18.0. The van der Waals surface area contributed by atoms with Gasteiger partial charge in [-0.3, -0.25) is 29.6 Å². The van der Waals surface area contributed by atoms with Crippen LogP contribution < -0.4 is 10.1 Å². The van der Waals surface area contributed by atoms with Gasteiger partial charge < -0.3 is 10.1 Å². The van der Waals surface area contributed by atoms with Crippen LogP contribution in [0.2, 0.25) is 0 Å². The number of aromatic nitrogens is 2. The molecule has 0 spiro atoms. The van der Waals surface area contributed by atoms with Crippen LogP contribution in [0.15, 0.2) is 65.8 Å². The number of thioether (sulfide) groups is 1. The molecule has 1 heterocycles. The van der Waals surface area contributed by atoms with Crippen LogP contribution in [0.5, 0.6) is 5.75 Å². The second kappa shape index (κ2) is 9.77. The van der Waals surface area contributed by atoms with Gasteiger partial charge in [0.1, 0.15) is 5.75 Å². The number of ether oxygens (including phenoxy) is 1. The Morgan fingerprint density at radius 3 is 2.60 bits per heavy atom. The number of hydrogen-bond donors (Lipinski definition) is 1. The summed E-state index contributed by atoms with van der Waals surface area (Å²) in [6.45, 7) is 0. The summed E-state index contributed by atoms with van der Waals surface area (Å²) in [5.41, 5.74) is 0.713. The number of nitro benzene ring substituents is 2. The molecule has 0 aliphatic heterocycles. The Bertz CT molecular complexity index is 1470. The fourth-order valence-corrected chi connectivity index (χ4v) is 4.18. The number of non-ortho nitro benzene ring substituents is 1. The molecule has 0 bridgehead atoms. The van der Waals surface area contributed by atoms with Crippen molar-refractivity contribution in [2.75, 3.05) is 18.2 Å². The average molecular weight is 497 g/mol. The van der Waals surface area contributed by atoms with Gasteiger partial charge in [-0.25, -0.2) is 4.98 Å². The van der Waals surface area contributed by atoms with Gasteiger partial charge in [-0.2, -0.15) is 4.39 Å². The molecule has 1 N–H and O–H groups in total. The number of methoxy groups -OCH3 is 1. The van der Waals surface area contributed by atoms with Gasteiger partial charge in [0, 0.05) is 23.9 Å². The van der Waals surface area contributed by atoms with Crippen molar-refractivity contribution >= 4 is 45.8 Å². The lowest BCUT2D eigenvalue weighted by Crippen LogP contribution is -2.15. The maximum Gasteiger partial charge on any atom is 0.306 e. The number of carbonyl (C=O) groups excluding carboxylic acids is 1. The normalized spacial score (nSPS) is 10.8. The lowest BCUT2D eigenvalue weighted by molar-refractivity contribution is -0.387. The number of fused-ring (bicyclic) bond motifs is 1. The molecule has 0 saturated heterocycles. The van der Waals surface area contributed by atoms with E-state index in [2.05, 4.69) is 10.3 Å². The van der Waals surface area contributed by atoms with Crippen LogP contribution in [-0.2, 0) is 4.79 Å². The molecule has 4 aromatic rings. The molecular formula is C22H16FN5O6S. The molecule has 11 nitrogen and oxygen atoms in total. The third kappa shape index (κ3) is 4.89.